The number of methoxy groups -OCH3 is 1. The molecule has 2 aromatic rings. The summed E-state index contributed by atoms with van der Waals surface area (Å²) in [6, 6.07) is 7.30. The minimum absolute atomic E-state index is 0.0209. The van der Waals surface area contributed by atoms with Crippen molar-refractivity contribution < 1.29 is 23.8 Å². The van der Waals surface area contributed by atoms with Gasteiger partial charge in [0, 0.05) is 18.7 Å². The molecule has 1 amide bonds. The van der Waals surface area contributed by atoms with Crippen molar-refractivity contribution in [2.45, 2.75) is 13.0 Å². The first kappa shape index (κ1) is 21.0. The number of hydrogen-bond acceptors (Lipinski definition) is 6. The third-order valence-electron chi connectivity index (χ3n) is 4.78. The first-order valence-electron chi connectivity index (χ1n) is 9.08. The third-order valence-corrected chi connectivity index (χ3v) is 5.10. The largest absolute Gasteiger partial charge is 0.507 e. The van der Waals surface area contributed by atoms with Crippen molar-refractivity contribution in [1.82, 2.24) is 9.80 Å². The highest BCUT2D eigenvalue weighted by Crippen LogP contribution is 2.40. The van der Waals surface area contributed by atoms with E-state index in [0.717, 1.165) is 0 Å². The summed E-state index contributed by atoms with van der Waals surface area (Å²) in [4.78, 5) is 29.0. The number of amides is 1. The molecule has 1 unspecified atom stereocenters. The molecule has 1 N–H and O–H groups in total. The lowest BCUT2D eigenvalue weighted by atomic mass is 9.99. The van der Waals surface area contributed by atoms with E-state index in [4.69, 9.17) is 20.8 Å². The Morgan fingerprint density at radius 3 is 2.59 bits per heavy atom. The summed E-state index contributed by atoms with van der Waals surface area (Å²) in [7, 11) is 5.21. The van der Waals surface area contributed by atoms with Crippen LogP contribution in [0.5, 0.6) is 5.75 Å². The van der Waals surface area contributed by atoms with Gasteiger partial charge in [0.1, 0.15) is 29.1 Å². The highest BCUT2D eigenvalue weighted by molar-refractivity contribution is 6.46. The van der Waals surface area contributed by atoms with Gasteiger partial charge in [-0.25, -0.2) is 0 Å². The monoisotopic (exact) mass is 418 g/mol. The minimum atomic E-state index is -0.815. The van der Waals surface area contributed by atoms with E-state index in [1.165, 1.54) is 18.1 Å². The van der Waals surface area contributed by atoms with Gasteiger partial charge in [-0.1, -0.05) is 11.6 Å². The molecule has 0 aliphatic carbocycles. The molecule has 1 atom stereocenters. The number of benzene rings is 1. The van der Waals surface area contributed by atoms with E-state index in [-0.39, 0.29) is 11.3 Å². The molecule has 3 rings (SSSR count). The first-order valence-corrected chi connectivity index (χ1v) is 9.45. The van der Waals surface area contributed by atoms with Crippen LogP contribution < -0.4 is 4.74 Å². The van der Waals surface area contributed by atoms with Gasteiger partial charge in [-0.3, -0.25) is 9.59 Å². The van der Waals surface area contributed by atoms with Crippen LogP contribution in [0.4, 0.5) is 0 Å². The van der Waals surface area contributed by atoms with Crippen LogP contribution in [0.25, 0.3) is 5.76 Å². The molecular weight excluding hydrogens is 396 g/mol. The number of ketones is 1. The van der Waals surface area contributed by atoms with Crippen molar-refractivity contribution in [2.24, 2.45) is 0 Å². The summed E-state index contributed by atoms with van der Waals surface area (Å²) in [5.41, 5.74) is 0.303. The van der Waals surface area contributed by atoms with Gasteiger partial charge in [-0.15, -0.1) is 0 Å². The van der Waals surface area contributed by atoms with E-state index >= 15 is 0 Å². The Kier molecular flexibility index (Phi) is 6.00. The Bertz CT molecular complexity index is 979. The molecule has 154 valence electrons. The summed E-state index contributed by atoms with van der Waals surface area (Å²) in [6.07, 6.45) is 0. The molecule has 1 fully saturated rings. The number of carbonyl (C=O) groups is 2. The van der Waals surface area contributed by atoms with E-state index in [1.54, 1.807) is 31.2 Å². The van der Waals surface area contributed by atoms with Gasteiger partial charge >= 0.3 is 0 Å². The van der Waals surface area contributed by atoms with Gasteiger partial charge in [-0.05, 0) is 51.4 Å². The van der Waals surface area contributed by atoms with Crippen molar-refractivity contribution in [3.05, 3.63) is 58.0 Å². The molecule has 0 radical (unpaired) electrons. The van der Waals surface area contributed by atoms with E-state index in [2.05, 4.69) is 0 Å². The molecule has 0 saturated carbocycles. The van der Waals surface area contributed by atoms with Crippen LogP contribution in [0, 0.1) is 6.92 Å². The first-order chi connectivity index (χ1) is 13.7. The molecule has 1 aliphatic heterocycles. The molecule has 1 saturated heterocycles. The van der Waals surface area contributed by atoms with Gasteiger partial charge in [0.05, 0.1) is 17.7 Å². The number of hydrogen-bond donors (Lipinski definition) is 1. The molecule has 7 nitrogen and oxygen atoms in total. The standard InChI is InChI=1S/C21H23ClN2O5/c1-12-5-8-15(29-12)18-17(20(26)21(27)24(18)10-9-23(2)3)19(25)13-6-7-14(22)16(11-13)28-4/h5-8,11,18,25H,9-10H2,1-4H3/b19-17-. The number of aliphatic hydroxyl groups is 1. The van der Waals surface area contributed by atoms with Crippen LogP contribution in [0.2, 0.25) is 5.02 Å². The predicted molar refractivity (Wildman–Crippen MR) is 109 cm³/mol. The number of halogens is 1. The SMILES string of the molecule is COc1cc(/C(O)=C2/C(=O)C(=O)N(CCN(C)C)C2c2ccc(C)o2)ccc1Cl. The minimum Gasteiger partial charge on any atom is -0.507 e. The molecule has 8 heteroatoms. The summed E-state index contributed by atoms with van der Waals surface area (Å²) >= 11 is 6.06. The maximum absolute atomic E-state index is 12.9. The fraction of sp³-hybridized carbons (Fsp3) is 0.333. The van der Waals surface area contributed by atoms with Crippen molar-refractivity contribution in [3.63, 3.8) is 0 Å². The Hall–Kier alpha value is -2.77. The quantitative estimate of drug-likeness (QED) is 0.440. The number of rotatable bonds is 6. The Labute approximate surface area is 174 Å². The molecule has 0 bridgehead atoms. The van der Waals surface area contributed by atoms with Crippen molar-refractivity contribution >= 4 is 29.1 Å². The fourth-order valence-electron chi connectivity index (χ4n) is 3.28. The van der Waals surface area contributed by atoms with Crippen molar-refractivity contribution in [2.75, 3.05) is 34.3 Å². The number of aryl methyl sites for hydroxylation is 1. The molecule has 0 spiro atoms. The molecule has 2 heterocycles. The number of Topliss-reactive ketones (excluding diaryl/α,β-unsaturated/α-hetero) is 1. The number of aliphatic hydroxyl groups excluding tert-OH is 1. The number of likely N-dealkylation sites (tertiary alicyclic amines) is 1. The van der Waals surface area contributed by atoms with E-state index in [1.807, 2.05) is 19.0 Å². The summed E-state index contributed by atoms with van der Waals surface area (Å²) in [5, 5.41) is 11.4. The molecule has 29 heavy (non-hydrogen) atoms. The second-order valence-electron chi connectivity index (χ2n) is 7.09. The van der Waals surface area contributed by atoms with E-state index < -0.39 is 17.7 Å². The lowest BCUT2D eigenvalue weighted by Crippen LogP contribution is -2.35. The van der Waals surface area contributed by atoms with E-state index in [0.29, 0.717) is 40.9 Å². The number of ether oxygens (including phenoxy) is 1. The summed E-state index contributed by atoms with van der Waals surface area (Å²) in [6.45, 7) is 2.64. The Morgan fingerprint density at radius 1 is 1.28 bits per heavy atom. The lowest BCUT2D eigenvalue weighted by Gasteiger charge is -2.24. The smallest absolute Gasteiger partial charge is 0.295 e. The van der Waals surface area contributed by atoms with Gasteiger partial charge in [0.25, 0.3) is 11.7 Å². The van der Waals surface area contributed by atoms with Crippen molar-refractivity contribution in [3.8, 4) is 5.75 Å². The number of carbonyl (C=O) groups excluding carboxylic acids is 2. The second-order valence-corrected chi connectivity index (χ2v) is 7.50. The number of nitrogens with zero attached hydrogens (tertiary/aromatic N) is 2. The Balaban J connectivity index is 2.14. The van der Waals surface area contributed by atoms with Gasteiger partial charge in [0.15, 0.2) is 0 Å². The molecule has 1 aromatic heterocycles. The molecule has 1 aromatic carbocycles. The normalized spacial score (nSPS) is 18.7. The lowest BCUT2D eigenvalue weighted by molar-refractivity contribution is -0.140. The topological polar surface area (TPSA) is 83.2 Å². The summed E-state index contributed by atoms with van der Waals surface area (Å²) in [5.74, 6) is -0.315. The van der Waals surface area contributed by atoms with Crippen LogP contribution >= 0.6 is 11.6 Å². The maximum Gasteiger partial charge on any atom is 0.295 e. The average molecular weight is 419 g/mol. The Morgan fingerprint density at radius 2 is 2.00 bits per heavy atom. The maximum atomic E-state index is 12.9. The highest BCUT2D eigenvalue weighted by Gasteiger charge is 2.47. The summed E-state index contributed by atoms with van der Waals surface area (Å²) < 4.78 is 10.9. The average Bonchev–Trinajstić information content (AvgIpc) is 3.21. The van der Waals surface area contributed by atoms with E-state index in [9.17, 15) is 14.7 Å². The van der Waals surface area contributed by atoms with Gasteiger partial charge in [-0.2, -0.15) is 0 Å². The third kappa shape index (κ3) is 4.02. The number of likely N-dealkylation sites (N-methyl/N-ethyl adjacent to an activating group) is 1. The van der Waals surface area contributed by atoms with Crippen LogP contribution in [-0.4, -0.2) is 60.9 Å². The number of furan rings is 1. The van der Waals surface area contributed by atoms with Crippen molar-refractivity contribution in [1.29, 1.82) is 0 Å². The molecular formula is C21H23ClN2O5. The van der Waals surface area contributed by atoms with Gasteiger partial charge < -0.3 is 24.1 Å². The van der Waals surface area contributed by atoms with Crippen LogP contribution in [-0.2, 0) is 9.59 Å². The zero-order valence-corrected chi connectivity index (χ0v) is 17.5. The van der Waals surface area contributed by atoms with Crippen LogP contribution in [0.15, 0.2) is 40.3 Å². The van der Waals surface area contributed by atoms with Crippen LogP contribution in [0.3, 0.4) is 0 Å². The predicted octanol–water partition coefficient (Wildman–Crippen LogP) is 3.23. The van der Waals surface area contributed by atoms with Gasteiger partial charge in [0.2, 0.25) is 0 Å². The zero-order valence-electron chi connectivity index (χ0n) is 16.7. The zero-order chi connectivity index (χ0) is 21.3. The fourth-order valence-corrected chi connectivity index (χ4v) is 3.47. The van der Waals surface area contributed by atoms with Crippen LogP contribution in [0.1, 0.15) is 23.1 Å². The second kappa shape index (κ2) is 8.31. The molecule has 1 aliphatic rings. The highest BCUT2D eigenvalue weighted by atomic mass is 35.5.